The van der Waals surface area contributed by atoms with Gasteiger partial charge in [-0.3, -0.25) is 14.5 Å². The molecule has 0 aliphatic carbocycles. The van der Waals surface area contributed by atoms with E-state index in [1.807, 2.05) is 6.92 Å². The molecule has 0 radical (unpaired) electrons. The number of amides is 1. The largest absolute Gasteiger partial charge is 0.464 e. The van der Waals surface area contributed by atoms with Crippen LogP contribution in [0.3, 0.4) is 0 Å². The summed E-state index contributed by atoms with van der Waals surface area (Å²) in [5.74, 6) is -1.23. The van der Waals surface area contributed by atoms with E-state index in [1.165, 1.54) is 17.0 Å². The van der Waals surface area contributed by atoms with E-state index < -0.39 is 5.97 Å². The molecule has 0 bridgehead atoms. The number of rotatable bonds is 6. The van der Waals surface area contributed by atoms with Gasteiger partial charge in [-0.2, -0.15) is 0 Å². The van der Waals surface area contributed by atoms with Crippen LogP contribution in [-0.4, -0.2) is 34.2 Å². The Morgan fingerprint density at radius 3 is 2.96 bits per heavy atom. The Balaban J connectivity index is 2.03. The number of nitrogens with zero attached hydrogens (tertiary/aromatic N) is 1. The predicted octanol–water partition coefficient (Wildman–Crippen LogP) is 3.37. The van der Waals surface area contributed by atoms with Crippen molar-refractivity contribution in [2.24, 2.45) is 0 Å². The molecule has 1 amide bonds. The van der Waals surface area contributed by atoms with Crippen molar-refractivity contribution in [3.05, 3.63) is 40.6 Å². The second kappa shape index (κ2) is 8.21. The topological polar surface area (TPSA) is 46.6 Å². The third-order valence-electron chi connectivity index (χ3n) is 3.07. The Bertz CT molecular complexity index is 660. The highest BCUT2D eigenvalue weighted by Crippen LogP contribution is 2.32. The molecule has 0 atom stereocenters. The summed E-state index contributed by atoms with van der Waals surface area (Å²) in [6.07, 6.45) is 3.26. The number of carbonyl (C=O) groups is 2. The van der Waals surface area contributed by atoms with Crippen LogP contribution in [0.15, 0.2) is 29.2 Å². The number of benzene rings is 1. The molecule has 122 valence electrons. The Morgan fingerprint density at radius 2 is 2.26 bits per heavy atom. The van der Waals surface area contributed by atoms with Crippen molar-refractivity contribution in [3.63, 3.8) is 0 Å². The van der Waals surface area contributed by atoms with Gasteiger partial charge in [-0.15, -0.1) is 0 Å². The molecule has 0 saturated carbocycles. The van der Waals surface area contributed by atoms with Gasteiger partial charge in [-0.25, -0.2) is 4.39 Å². The summed E-state index contributed by atoms with van der Waals surface area (Å²) in [6.45, 7) is 2.13. The molecule has 4 nitrogen and oxygen atoms in total. The molecular formula is C16H16FNO3S2. The first-order valence-corrected chi connectivity index (χ1v) is 8.40. The lowest BCUT2D eigenvalue weighted by Gasteiger charge is -2.13. The van der Waals surface area contributed by atoms with Gasteiger partial charge in [-0.05, 0) is 30.2 Å². The molecule has 1 aliphatic heterocycles. The highest BCUT2D eigenvalue weighted by molar-refractivity contribution is 8.26. The normalized spacial score (nSPS) is 16.3. The SMILES string of the molecule is CCCCOC(=O)CN1C(=O)/C(=C/c2cccc(F)c2)SC1=S. The maximum atomic E-state index is 13.2. The molecule has 1 aromatic rings. The van der Waals surface area contributed by atoms with Crippen LogP contribution < -0.4 is 0 Å². The van der Waals surface area contributed by atoms with Crippen molar-refractivity contribution >= 4 is 46.3 Å². The zero-order valence-electron chi connectivity index (χ0n) is 12.6. The van der Waals surface area contributed by atoms with Gasteiger partial charge in [0.05, 0.1) is 11.5 Å². The van der Waals surface area contributed by atoms with Crippen LogP contribution in [0.4, 0.5) is 4.39 Å². The summed E-state index contributed by atoms with van der Waals surface area (Å²) in [5, 5.41) is 0. The van der Waals surface area contributed by atoms with Gasteiger partial charge < -0.3 is 4.74 Å². The monoisotopic (exact) mass is 353 g/mol. The van der Waals surface area contributed by atoms with Crippen molar-refractivity contribution in [1.29, 1.82) is 0 Å². The third-order valence-corrected chi connectivity index (χ3v) is 4.45. The minimum Gasteiger partial charge on any atom is -0.464 e. The average molecular weight is 353 g/mol. The second-order valence-electron chi connectivity index (χ2n) is 4.90. The van der Waals surface area contributed by atoms with Gasteiger partial charge in [-0.1, -0.05) is 49.5 Å². The van der Waals surface area contributed by atoms with Crippen LogP contribution in [0, 0.1) is 5.82 Å². The average Bonchev–Trinajstić information content (AvgIpc) is 2.75. The summed E-state index contributed by atoms with van der Waals surface area (Å²) in [4.78, 5) is 25.6. The summed E-state index contributed by atoms with van der Waals surface area (Å²) in [6, 6.07) is 5.90. The van der Waals surface area contributed by atoms with Crippen LogP contribution in [0.5, 0.6) is 0 Å². The molecule has 0 unspecified atom stereocenters. The van der Waals surface area contributed by atoms with Crippen LogP contribution in [0.1, 0.15) is 25.3 Å². The first-order valence-electron chi connectivity index (χ1n) is 7.18. The van der Waals surface area contributed by atoms with Crippen LogP contribution in [-0.2, 0) is 14.3 Å². The third kappa shape index (κ3) is 4.87. The molecule has 1 saturated heterocycles. The fourth-order valence-corrected chi connectivity index (χ4v) is 3.14. The predicted molar refractivity (Wildman–Crippen MR) is 92.1 cm³/mol. The fourth-order valence-electron chi connectivity index (χ4n) is 1.89. The summed E-state index contributed by atoms with van der Waals surface area (Å²) in [7, 11) is 0. The van der Waals surface area contributed by atoms with Crippen LogP contribution in [0.2, 0.25) is 0 Å². The lowest BCUT2D eigenvalue weighted by atomic mass is 10.2. The number of carbonyl (C=O) groups excluding carboxylic acids is 2. The van der Waals surface area contributed by atoms with E-state index in [0.29, 0.717) is 21.4 Å². The molecule has 1 aliphatic rings. The highest BCUT2D eigenvalue weighted by atomic mass is 32.2. The lowest BCUT2D eigenvalue weighted by Crippen LogP contribution is -2.34. The number of esters is 1. The first-order chi connectivity index (χ1) is 11.0. The maximum Gasteiger partial charge on any atom is 0.326 e. The smallest absolute Gasteiger partial charge is 0.326 e. The Labute approximate surface area is 143 Å². The van der Waals surface area contributed by atoms with Gasteiger partial charge in [0.2, 0.25) is 0 Å². The van der Waals surface area contributed by atoms with Gasteiger partial charge in [0.1, 0.15) is 16.7 Å². The highest BCUT2D eigenvalue weighted by Gasteiger charge is 2.33. The minimum atomic E-state index is -0.484. The maximum absolute atomic E-state index is 13.2. The molecule has 0 N–H and O–H groups in total. The molecule has 1 aromatic carbocycles. The number of thioether (sulfide) groups is 1. The molecule has 23 heavy (non-hydrogen) atoms. The minimum absolute atomic E-state index is 0.200. The van der Waals surface area contributed by atoms with E-state index >= 15 is 0 Å². The number of hydrogen-bond donors (Lipinski definition) is 0. The zero-order chi connectivity index (χ0) is 16.8. The Morgan fingerprint density at radius 1 is 1.48 bits per heavy atom. The second-order valence-corrected chi connectivity index (χ2v) is 6.57. The van der Waals surface area contributed by atoms with Gasteiger partial charge in [0.15, 0.2) is 0 Å². The molecule has 7 heteroatoms. The van der Waals surface area contributed by atoms with Gasteiger partial charge in [0.25, 0.3) is 5.91 Å². The van der Waals surface area contributed by atoms with E-state index in [4.69, 9.17) is 17.0 Å². The Kier molecular flexibility index (Phi) is 6.29. The quantitative estimate of drug-likeness (QED) is 0.340. The molecular weight excluding hydrogens is 337 g/mol. The van der Waals surface area contributed by atoms with Crippen molar-refractivity contribution in [1.82, 2.24) is 4.90 Å². The number of hydrogen-bond acceptors (Lipinski definition) is 5. The standard InChI is InChI=1S/C16H16FNO3S2/c1-2-3-7-21-14(19)10-18-15(20)13(23-16(18)22)9-11-5-4-6-12(17)8-11/h4-6,8-9H,2-3,7,10H2,1H3/b13-9-. The van der Waals surface area contributed by atoms with E-state index in [2.05, 4.69) is 0 Å². The van der Waals surface area contributed by atoms with Crippen LogP contribution >= 0.6 is 24.0 Å². The molecule has 1 fully saturated rings. The zero-order valence-corrected chi connectivity index (χ0v) is 14.2. The summed E-state index contributed by atoms with van der Waals surface area (Å²) >= 11 is 6.23. The van der Waals surface area contributed by atoms with Crippen molar-refractivity contribution in [2.75, 3.05) is 13.2 Å². The molecule has 0 aromatic heterocycles. The summed E-state index contributed by atoms with van der Waals surface area (Å²) in [5.41, 5.74) is 0.566. The van der Waals surface area contributed by atoms with Gasteiger partial charge in [0, 0.05) is 0 Å². The molecule has 2 rings (SSSR count). The van der Waals surface area contributed by atoms with E-state index in [1.54, 1.807) is 18.2 Å². The molecule has 1 heterocycles. The number of halogens is 1. The van der Waals surface area contributed by atoms with Gasteiger partial charge >= 0.3 is 5.97 Å². The number of thiocarbonyl (C=S) groups is 1. The number of unbranched alkanes of at least 4 members (excludes halogenated alkanes) is 1. The summed E-state index contributed by atoms with van der Waals surface area (Å²) < 4.78 is 18.5. The van der Waals surface area contributed by atoms with E-state index in [9.17, 15) is 14.0 Å². The fraction of sp³-hybridized carbons (Fsp3) is 0.312. The van der Waals surface area contributed by atoms with Crippen molar-refractivity contribution in [2.45, 2.75) is 19.8 Å². The van der Waals surface area contributed by atoms with Crippen molar-refractivity contribution < 1.29 is 18.7 Å². The van der Waals surface area contributed by atoms with E-state index in [-0.39, 0.29) is 18.3 Å². The van der Waals surface area contributed by atoms with E-state index in [0.717, 1.165) is 24.6 Å². The molecule has 0 spiro atoms. The lowest BCUT2D eigenvalue weighted by molar-refractivity contribution is -0.146. The van der Waals surface area contributed by atoms with Crippen molar-refractivity contribution in [3.8, 4) is 0 Å². The van der Waals surface area contributed by atoms with Crippen LogP contribution in [0.25, 0.3) is 6.08 Å². The first kappa shape index (κ1) is 17.6. The Hall–Kier alpha value is -1.73. The number of ether oxygens (including phenoxy) is 1.